The summed E-state index contributed by atoms with van der Waals surface area (Å²) in [4.78, 5) is 23.9. The van der Waals surface area contributed by atoms with E-state index in [-0.39, 0.29) is 23.3 Å². The number of rotatable bonds is 8. The second-order valence-corrected chi connectivity index (χ2v) is 6.17. The van der Waals surface area contributed by atoms with Gasteiger partial charge in [0.2, 0.25) is 5.76 Å². The highest BCUT2D eigenvalue weighted by Crippen LogP contribution is 2.33. The van der Waals surface area contributed by atoms with Crippen molar-refractivity contribution in [2.45, 2.75) is 52.6 Å². The number of ether oxygens (including phenoxy) is 1. The fourth-order valence-corrected chi connectivity index (χ4v) is 2.82. The second kappa shape index (κ2) is 8.16. The largest absolute Gasteiger partial charge is 0.490 e. The van der Waals surface area contributed by atoms with Crippen molar-refractivity contribution < 1.29 is 24.2 Å². The highest BCUT2D eigenvalue weighted by Gasteiger charge is 2.21. The third-order valence-corrected chi connectivity index (χ3v) is 3.82. The topological polar surface area (TPSA) is 97.0 Å². The number of fused-ring (bicyclic) bond motifs is 1. The summed E-state index contributed by atoms with van der Waals surface area (Å²) in [6.07, 6.45) is 2.37. The summed E-state index contributed by atoms with van der Waals surface area (Å²) in [7, 11) is 0. The molecule has 1 heterocycles. The van der Waals surface area contributed by atoms with Crippen LogP contribution in [0.3, 0.4) is 0 Å². The summed E-state index contributed by atoms with van der Waals surface area (Å²) in [5.41, 5.74) is 1.47. The van der Waals surface area contributed by atoms with Crippen LogP contribution in [0.4, 0.5) is 0 Å². The van der Waals surface area contributed by atoms with Crippen LogP contribution in [0.5, 0.6) is 5.75 Å². The first kappa shape index (κ1) is 19.0. The zero-order chi connectivity index (χ0) is 18.6. The van der Waals surface area contributed by atoms with E-state index in [1.54, 1.807) is 6.92 Å². The van der Waals surface area contributed by atoms with Gasteiger partial charge in [-0.2, -0.15) is 0 Å². The van der Waals surface area contributed by atoms with Gasteiger partial charge in [-0.1, -0.05) is 26.7 Å². The van der Waals surface area contributed by atoms with E-state index in [0.717, 1.165) is 30.0 Å². The quantitative estimate of drug-likeness (QED) is 0.760. The predicted molar refractivity (Wildman–Crippen MR) is 94.6 cm³/mol. The molecule has 1 unspecified atom stereocenters. The minimum Gasteiger partial charge on any atom is -0.490 e. The van der Waals surface area contributed by atoms with E-state index in [2.05, 4.69) is 0 Å². The van der Waals surface area contributed by atoms with E-state index >= 15 is 0 Å². The monoisotopic (exact) mass is 348 g/mol. The molecule has 136 valence electrons. The van der Waals surface area contributed by atoms with Gasteiger partial charge in [-0.3, -0.25) is 4.79 Å². The molecule has 0 fully saturated rings. The van der Waals surface area contributed by atoms with Crippen LogP contribution in [0.1, 0.15) is 55.3 Å². The lowest BCUT2D eigenvalue weighted by Gasteiger charge is -2.17. The highest BCUT2D eigenvalue weighted by molar-refractivity contribution is 5.91. The summed E-state index contributed by atoms with van der Waals surface area (Å²) < 4.78 is 11.2. The zero-order valence-corrected chi connectivity index (χ0v) is 14.8. The van der Waals surface area contributed by atoms with Crippen LogP contribution >= 0.6 is 0 Å². The molecule has 1 aromatic carbocycles. The Bertz CT molecular complexity index is 819. The molecule has 0 aliphatic rings. The van der Waals surface area contributed by atoms with E-state index in [9.17, 15) is 19.8 Å². The van der Waals surface area contributed by atoms with E-state index in [4.69, 9.17) is 9.15 Å². The molecule has 0 bridgehead atoms. The fraction of sp³-hybridized carbons (Fsp3) is 0.474. The first-order chi connectivity index (χ1) is 11.9. The Morgan fingerprint density at radius 1 is 1.20 bits per heavy atom. The lowest BCUT2D eigenvalue weighted by molar-refractivity contribution is 0.0663. The molecule has 0 amide bonds. The molecule has 1 aromatic heterocycles. The molecule has 0 aliphatic carbocycles. The lowest BCUT2D eigenvalue weighted by atomic mass is 9.98. The summed E-state index contributed by atoms with van der Waals surface area (Å²) in [5.74, 6) is -1.30. The molecular formula is C19H24O6. The fourth-order valence-electron chi connectivity index (χ4n) is 2.82. The van der Waals surface area contributed by atoms with Crippen molar-refractivity contribution in [1.82, 2.24) is 0 Å². The Labute approximate surface area is 146 Å². The van der Waals surface area contributed by atoms with Gasteiger partial charge in [-0.15, -0.1) is 0 Å². The molecule has 25 heavy (non-hydrogen) atoms. The molecule has 2 aromatic rings. The van der Waals surface area contributed by atoms with Crippen molar-refractivity contribution in [2.24, 2.45) is 0 Å². The number of carbonyl (C=O) groups is 1. The van der Waals surface area contributed by atoms with Gasteiger partial charge in [0.1, 0.15) is 23.3 Å². The SMILES string of the molecule is CCCc1cc(CCC)c2oc(C(=O)O)cc(=O)c2c1OCC(C)O. The molecule has 6 heteroatoms. The number of aliphatic hydroxyl groups excluding tert-OH is 1. The summed E-state index contributed by atoms with van der Waals surface area (Å²) in [6.45, 7) is 5.66. The van der Waals surface area contributed by atoms with Crippen LogP contribution in [-0.2, 0) is 12.8 Å². The van der Waals surface area contributed by atoms with Crippen molar-refractivity contribution in [3.8, 4) is 5.75 Å². The number of aryl methyl sites for hydroxylation is 2. The van der Waals surface area contributed by atoms with Crippen LogP contribution in [0, 0.1) is 0 Å². The standard InChI is InChI=1S/C19H24O6/c1-4-6-12-8-13(7-5-2)18-16(17(12)24-10-11(3)20)14(21)9-15(25-18)19(22)23/h8-9,11,20H,4-7,10H2,1-3H3,(H,22,23). The average Bonchev–Trinajstić information content (AvgIpc) is 2.54. The molecule has 0 saturated heterocycles. The third-order valence-electron chi connectivity index (χ3n) is 3.82. The van der Waals surface area contributed by atoms with Crippen LogP contribution in [0.25, 0.3) is 11.0 Å². The first-order valence-electron chi connectivity index (χ1n) is 8.55. The molecule has 2 rings (SSSR count). The van der Waals surface area contributed by atoms with Crippen LogP contribution in [0.2, 0.25) is 0 Å². The van der Waals surface area contributed by atoms with Gasteiger partial charge in [0, 0.05) is 6.07 Å². The maximum atomic E-state index is 12.6. The van der Waals surface area contributed by atoms with Gasteiger partial charge >= 0.3 is 5.97 Å². The third kappa shape index (κ3) is 4.20. The maximum Gasteiger partial charge on any atom is 0.371 e. The van der Waals surface area contributed by atoms with E-state index in [0.29, 0.717) is 18.6 Å². The van der Waals surface area contributed by atoms with Gasteiger partial charge in [0.05, 0.1) is 6.10 Å². The Morgan fingerprint density at radius 3 is 2.40 bits per heavy atom. The van der Waals surface area contributed by atoms with Gasteiger partial charge in [0.15, 0.2) is 5.43 Å². The molecule has 0 saturated carbocycles. The lowest BCUT2D eigenvalue weighted by Crippen LogP contribution is -2.16. The van der Waals surface area contributed by atoms with Crippen molar-refractivity contribution in [1.29, 1.82) is 0 Å². The smallest absolute Gasteiger partial charge is 0.371 e. The average molecular weight is 348 g/mol. The number of hydrogen-bond donors (Lipinski definition) is 2. The van der Waals surface area contributed by atoms with Crippen LogP contribution < -0.4 is 10.2 Å². The van der Waals surface area contributed by atoms with Crippen LogP contribution in [0.15, 0.2) is 21.3 Å². The summed E-state index contributed by atoms with van der Waals surface area (Å²) in [5, 5.41) is 19.0. The first-order valence-corrected chi connectivity index (χ1v) is 8.55. The molecule has 0 spiro atoms. The number of carboxylic acids is 1. The Hall–Kier alpha value is -2.34. The van der Waals surface area contributed by atoms with Crippen molar-refractivity contribution >= 4 is 16.9 Å². The van der Waals surface area contributed by atoms with Gasteiger partial charge in [0.25, 0.3) is 0 Å². The Kier molecular flexibility index (Phi) is 6.20. The number of carboxylic acid groups (broad SMARTS) is 1. The Morgan fingerprint density at radius 2 is 1.84 bits per heavy atom. The molecule has 0 aliphatic heterocycles. The highest BCUT2D eigenvalue weighted by atomic mass is 16.5. The normalized spacial score (nSPS) is 12.3. The molecular weight excluding hydrogens is 324 g/mol. The van der Waals surface area contributed by atoms with Gasteiger partial charge < -0.3 is 19.4 Å². The summed E-state index contributed by atoms with van der Waals surface area (Å²) >= 11 is 0. The van der Waals surface area contributed by atoms with Gasteiger partial charge in [-0.25, -0.2) is 4.79 Å². The van der Waals surface area contributed by atoms with Crippen molar-refractivity contribution in [2.75, 3.05) is 6.61 Å². The minimum absolute atomic E-state index is 0.0407. The number of hydrogen-bond acceptors (Lipinski definition) is 5. The molecule has 6 nitrogen and oxygen atoms in total. The molecule has 2 N–H and O–H groups in total. The molecule has 1 atom stereocenters. The van der Waals surface area contributed by atoms with E-state index < -0.39 is 17.5 Å². The maximum absolute atomic E-state index is 12.6. The van der Waals surface area contributed by atoms with Crippen molar-refractivity contribution in [3.63, 3.8) is 0 Å². The molecule has 0 radical (unpaired) electrons. The minimum atomic E-state index is -1.29. The van der Waals surface area contributed by atoms with E-state index in [1.807, 2.05) is 19.9 Å². The second-order valence-electron chi connectivity index (χ2n) is 6.17. The van der Waals surface area contributed by atoms with Gasteiger partial charge in [-0.05, 0) is 37.0 Å². The van der Waals surface area contributed by atoms with Crippen molar-refractivity contribution in [3.05, 3.63) is 39.2 Å². The summed E-state index contributed by atoms with van der Waals surface area (Å²) in [6, 6.07) is 2.90. The van der Waals surface area contributed by atoms with Crippen LogP contribution in [-0.4, -0.2) is 28.9 Å². The number of aliphatic hydroxyl groups is 1. The van der Waals surface area contributed by atoms with E-state index in [1.165, 1.54) is 0 Å². The predicted octanol–water partition coefficient (Wildman–Crippen LogP) is 3.16. The zero-order valence-electron chi connectivity index (χ0n) is 14.8. The number of aromatic carboxylic acids is 1. The Balaban J connectivity index is 2.81. The number of benzene rings is 1.